The maximum Gasteiger partial charge on any atom is 0.208 e. The van der Waals surface area contributed by atoms with Crippen LogP contribution in [0.25, 0.3) is 0 Å². The van der Waals surface area contributed by atoms with Crippen molar-refractivity contribution in [2.45, 2.75) is 25.9 Å². The molecule has 0 spiro atoms. The lowest BCUT2D eigenvalue weighted by atomic mass is 10.2. The number of nitrogens with zero attached hydrogens (tertiary/aromatic N) is 3. The van der Waals surface area contributed by atoms with E-state index >= 15 is 0 Å². The number of nitrogens with one attached hydrogen (secondary N) is 1. The molecule has 5 heteroatoms. The second-order valence-electron chi connectivity index (χ2n) is 3.60. The molecule has 1 fully saturated rings. The summed E-state index contributed by atoms with van der Waals surface area (Å²) < 4.78 is 0. The molecule has 4 nitrogen and oxygen atoms in total. The maximum absolute atomic E-state index is 4.08. The first kappa shape index (κ1) is 8.90. The van der Waals surface area contributed by atoms with Crippen LogP contribution in [-0.4, -0.2) is 35.4 Å². The smallest absolute Gasteiger partial charge is 0.208 e. The van der Waals surface area contributed by atoms with Gasteiger partial charge in [-0.1, -0.05) is 11.3 Å². The standard InChI is InChI=1S/C8H14N4S/c1-6-3-12(4-7(2)10-6)8-11-9-5-13-8/h5-7,10H,3-4H2,1-2H3. The third kappa shape index (κ3) is 1.97. The largest absolute Gasteiger partial charge is 0.344 e. The molecule has 1 aromatic heterocycles. The number of piperazine rings is 1. The number of rotatable bonds is 1. The molecule has 1 aliphatic rings. The summed E-state index contributed by atoms with van der Waals surface area (Å²) in [6.07, 6.45) is 0. The summed E-state index contributed by atoms with van der Waals surface area (Å²) in [5.41, 5.74) is 1.78. The van der Waals surface area contributed by atoms with Gasteiger partial charge in [0.2, 0.25) is 5.13 Å². The van der Waals surface area contributed by atoms with Gasteiger partial charge < -0.3 is 10.2 Å². The highest BCUT2D eigenvalue weighted by molar-refractivity contribution is 7.13. The van der Waals surface area contributed by atoms with Gasteiger partial charge >= 0.3 is 0 Å². The van der Waals surface area contributed by atoms with Crippen molar-refractivity contribution in [1.29, 1.82) is 0 Å². The van der Waals surface area contributed by atoms with Crippen LogP contribution >= 0.6 is 11.3 Å². The minimum absolute atomic E-state index is 0.535. The number of hydrogen-bond acceptors (Lipinski definition) is 5. The summed E-state index contributed by atoms with van der Waals surface area (Å²) in [5.74, 6) is 0. The van der Waals surface area contributed by atoms with Crippen LogP contribution in [0.2, 0.25) is 0 Å². The van der Waals surface area contributed by atoms with Crippen molar-refractivity contribution in [2.24, 2.45) is 0 Å². The van der Waals surface area contributed by atoms with E-state index in [4.69, 9.17) is 0 Å². The molecule has 1 saturated heterocycles. The second kappa shape index (κ2) is 3.59. The van der Waals surface area contributed by atoms with E-state index < -0.39 is 0 Å². The molecule has 2 heterocycles. The van der Waals surface area contributed by atoms with Crippen LogP contribution in [0.3, 0.4) is 0 Å². The topological polar surface area (TPSA) is 41.1 Å². The van der Waals surface area contributed by atoms with Crippen molar-refractivity contribution in [3.8, 4) is 0 Å². The fourth-order valence-electron chi connectivity index (χ4n) is 1.79. The summed E-state index contributed by atoms with van der Waals surface area (Å²) in [4.78, 5) is 2.30. The highest BCUT2D eigenvalue weighted by Gasteiger charge is 2.22. The Bertz CT molecular complexity index is 251. The van der Waals surface area contributed by atoms with Gasteiger partial charge in [0.1, 0.15) is 5.51 Å². The van der Waals surface area contributed by atoms with Crippen LogP contribution in [0.4, 0.5) is 5.13 Å². The minimum atomic E-state index is 0.535. The van der Waals surface area contributed by atoms with Crippen LogP contribution in [0, 0.1) is 0 Å². The van der Waals surface area contributed by atoms with Crippen molar-refractivity contribution < 1.29 is 0 Å². The SMILES string of the molecule is CC1CN(c2nncs2)CC(C)N1. The molecule has 0 radical (unpaired) electrons. The molecule has 72 valence electrons. The minimum Gasteiger partial charge on any atom is -0.344 e. The third-order valence-corrected chi connectivity index (χ3v) is 2.93. The zero-order valence-corrected chi connectivity index (χ0v) is 8.71. The molecular weight excluding hydrogens is 184 g/mol. The summed E-state index contributed by atoms with van der Waals surface area (Å²) >= 11 is 1.61. The molecule has 0 saturated carbocycles. The quantitative estimate of drug-likeness (QED) is 0.722. The van der Waals surface area contributed by atoms with E-state index in [1.807, 2.05) is 0 Å². The molecule has 2 rings (SSSR count). The predicted molar refractivity (Wildman–Crippen MR) is 54.2 cm³/mol. The van der Waals surface area contributed by atoms with E-state index in [1.165, 1.54) is 0 Å². The van der Waals surface area contributed by atoms with Gasteiger partial charge in [0, 0.05) is 25.2 Å². The van der Waals surface area contributed by atoms with Gasteiger partial charge in [-0.05, 0) is 13.8 Å². The summed E-state index contributed by atoms with van der Waals surface area (Å²) in [6, 6.07) is 1.07. The van der Waals surface area contributed by atoms with E-state index in [2.05, 4.69) is 34.3 Å². The van der Waals surface area contributed by atoms with Crippen molar-refractivity contribution in [1.82, 2.24) is 15.5 Å². The Hall–Kier alpha value is -0.680. The van der Waals surface area contributed by atoms with Gasteiger partial charge in [-0.3, -0.25) is 0 Å². The van der Waals surface area contributed by atoms with Gasteiger partial charge in [-0.25, -0.2) is 0 Å². The Kier molecular flexibility index (Phi) is 2.46. The van der Waals surface area contributed by atoms with Crippen LogP contribution < -0.4 is 10.2 Å². The van der Waals surface area contributed by atoms with Crippen molar-refractivity contribution in [3.05, 3.63) is 5.51 Å². The van der Waals surface area contributed by atoms with Crippen molar-refractivity contribution in [3.63, 3.8) is 0 Å². The number of anilines is 1. The Labute approximate surface area is 82.0 Å². The first-order valence-electron chi connectivity index (χ1n) is 4.53. The zero-order valence-electron chi connectivity index (χ0n) is 7.90. The van der Waals surface area contributed by atoms with Gasteiger partial charge in [-0.2, -0.15) is 0 Å². The van der Waals surface area contributed by atoms with Gasteiger partial charge in [0.05, 0.1) is 0 Å². The average molecular weight is 198 g/mol. The fourth-order valence-corrected chi connectivity index (χ4v) is 2.37. The van der Waals surface area contributed by atoms with Crippen LogP contribution in [0.1, 0.15) is 13.8 Å². The van der Waals surface area contributed by atoms with E-state index in [-0.39, 0.29) is 0 Å². The Morgan fingerprint density at radius 3 is 2.69 bits per heavy atom. The van der Waals surface area contributed by atoms with E-state index in [0.717, 1.165) is 18.2 Å². The normalized spacial score (nSPS) is 29.2. The highest BCUT2D eigenvalue weighted by atomic mass is 32.1. The molecule has 0 aliphatic carbocycles. The molecule has 1 N–H and O–H groups in total. The fraction of sp³-hybridized carbons (Fsp3) is 0.750. The Morgan fingerprint density at radius 2 is 2.15 bits per heavy atom. The zero-order chi connectivity index (χ0) is 9.26. The predicted octanol–water partition coefficient (Wildman–Crippen LogP) is 0.725. The monoisotopic (exact) mass is 198 g/mol. The molecule has 13 heavy (non-hydrogen) atoms. The van der Waals surface area contributed by atoms with Crippen molar-refractivity contribution in [2.75, 3.05) is 18.0 Å². The van der Waals surface area contributed by atoms with Crippen LogP contribution in [0.15, 0.2) is 5.51 Å². The first-order valence-corrected chi connectivity index (χ1v) is 5.41. The van der Waals surface area contributed by atoms with Crippen molar-refractivity contribution >= 4 is 16.5 Å². The van der Waals surface area contributed by atoms with Gasteiger partial charge in [0.15, 0.2) is 0 Å². The molecular formula is C8H14N4S. The summed E-state index contributed by atoms with van der Waals surface area (Å²) in [6.45, 7) is 6.45. The van der Waals surface area contributed by atoms with Crippen LogP contribution in [0.5, 0.6) is 0 Å². The molecule has 2 unspecified atom stereocenters. The van der Waals surface area contributed by atoms with Gasteiger partial charge in [0.25, 0.3) is 0 Å². The first-order chi connectivity index (χ1) is 6.25. The maximum atomic E-state index is 4.08. The molecule has 0 aromatic carbocycles. The lowest BCUT2D eigenvalue weighted by molar-refractivity contribution is 0.406. The van der Waals surface area contributed by atoms with E-state index in [9.17, 15) is 0 Å². The Balaban J connectivity index is 2.07. The summed E-state index contributed by atoms with van der Waals surface area (Å²) in [5, 5.41) is 12.5. The Morgan fingerprint density at radius 1 is 1.46 bits per heavy atom. The van der Waals surface area contributed by atoms with E-state index in [1.54, 1.807) is 16.8 Å². The molecule has 0 amide bonds. The van der Waals surface area contributed by atoms with Gasteiger partial charge in [-0.15, -0.1) is 10.2 Å². The average Bonchev–Trinajstić information content (AvgIpc) is 2.53. The lowest BCUT2D eigenvalue weighted by Crippen LogP contribution is -2.54. The number of aromatic nitrogens is 2. The van der Waals surface area contributed by atoms with Crippen LogP contribution in [-0.2, 0) is 0 Å². The van der Waals surface area contributed by atoms with E-state index in [0.29, 0.717) is 12.1 Å². The summed E-state index contributed by atoms with van der Waals surface area (Å²) in [7, 11) is 0. The highest BCUT2D eigenvalue weighted by Crippen LogP contribution is 2.18. The molecule has 1 aliphatic heterocycles. The molecule has 0 bridgehead atoms. The molecule has 1 aromatic rings. The lowest BCUT2D eigenvalue weighted by Gasteiger charge is -2.35. The third-order valence-electron chi connectivity index (χ3n) is 2.18. The number of hydrogen-bond donors (Lipinski definition) is 1. The molecule has 2 atom stereocenters. The second-order valence-corrected chi connectivity index (χ2v) is 4.41.